The minimum absolute atomic E-state index is 0.0377. The van der Waals surface area contributed by atoms with Gasteiger partial charge in [-0.15, -0.1) is 0 Å². The third kappa shape index (κ3) is 2.43. The minimum atomic E-state index is -0.913. The van der Waals surface area contributed by atoms with Crippen LogP contribution in [0.1, 0.15) is 72.1 Å². The van der Waals surface area contributed by atoms with E-state index in [1.165, 1.54) is 6.92 Å². The Morgan fingerprint density at radius 2 is 1.78 bits per heavy atom. The first-order valence-electron chi connectivity index (χ1n) is 10.8. The first-order chi connectivity index (χ1) is 12.6. The van der Waals surface area contributed by atoms with Gasteiger partial charge in [0.1, 0.15) is 6.10 Å². The summed E-state index contributed by atoms with van der Waals surface area (Å²) in [5.41, 5.74) is -1.07. The Morgan fingerprint density at radius 3 is 2.41 bits per heavy atom. The van der Waals surface area contributed by atoms with Crippen molar-refractivity contribution in [1.29, 1.82) is 0 Å². The molecule has 3 N–H and O–H groups in total. The van der Waals surface area contributed by atoms with Crippen molar-refractivity contribution >= 4 is 5.97 Å². The van der Waals surface area contributed by atoms with Crippen molar-refractivity contribution in [3.63, 3.8) is 0 Å². The minimum Gasteiger partial charge on any atom is -0.462 e. The molecule has 0 saturated heterocycles. The van der Waals surface area contributed by atoms with Gasteiger partial charge in [-0.05, 0) is 80.0 Å². The van der Waals surface area contributed by atoms with Crippen molar-refractivity contribution in [1.82, 2.24) is 0 Å². The first kappa shape index (κ1) is 19.7. The van der Waals surface area contributed by atoms with Crippen LogP contribution in [0.3, 0.4) is 0 Å². The van der Waals surface area contributed by atoms with Gasteiger partial charge in [-0.25, -0.2) is 0 Å². The number of rotatable bonds is 3. The number of hydrogen-bond acceptors (Lipinski definition) is 5. The van der Waals surface area contributed by atoms with Gasteiger partial charge >= 0.3 is 5.97 Å². The molecule has 8 atom stereocenters. The van der Waals surface area contributed by atoms with Gasteiger partial charge in [-0.1, -0.05) is 13.8 Å². The maximum Gasteiger partial charge on any atom is 0.302 e. The third-order valence-electron chi connectivity index (χ3n) is 9.82. The van der Waals surface area contributed by atoms with E-state index in [9.17, 15) is 20.1 Å². The molecule has 0 aromatic carbocycles. The van der Waals surface area contributed by atoms with Gasteiger partial charge in [0.2, 0.25) is 0 Å². The quantitative estimate of drug-likeness (QED) is 0.655. The van der Waals surface area contributed by atoms with Crippen molar-refractivity contribution in [2.75, 3.05) is 13.2 Å². The molecular weight excluding hydrogens is 344 g/mol. The van der Waals surface area contributed by atoms with Crippen LogP contribution in [0.25, 0.3) is 0 Å². The molecular formula is C22H36O5. The first-order valence-corrected chi connectivity index (χ1v) is 10.8. The number of fused-ring (bicyclic) bond motifs is 2. The highest BCUT2D eigenvalue weighted by Gasteiger charge is 2.70. The summed E-state index contributed by atoms with van der Waals surface area (Å²) in [7, 11) is 0. The second-order valence-corrected chi connectivity index (χ2v) is 10.6. The largest absolute Gasteiger partial charge is 0.462 e. The van der Waals surface area contributed by atoms with E-state index in [0.29, 0.717) is 18.3 Å². The van der Waals surface area contributed by atoms with Crippen LogP contribution in [0.2, 0.25) is 0 Å². The van der Waals surface area contributed by atoms with Gasteiger partial charge in [-0.3, -0.25) is 4.79 Å². The highest BCUT2D eigenvalue weighted by Crippen LogP contribution is 2.75. The fourth-order valence-corrected chi connectivity index (χ4v) is 8.31. The molecule has 0 aromatic heterocycles. The molecule has 4 fully saturated rings. The number of carbonyl (C=O) groups is 1. The number of aliphatic hydroxyl groups is 3. The number of hydrogen-bond donors (Lipinski definition) is 3. The van der Waals surface area contributed by atoms with Gasteiger partial charge in [0.25, 0.3) is 0 Å². The van der Waals surface area contributed by atoms with Crippen LogP contribution in [0.5, 0.6) is 0 Å². The van der Waals surface area contributed by atoms with E-state index < -0.39 is 11.0 Å². The Hall–Kier alpha value is -0.650. The summed E-state index contributed by atoms with van der Waals surface area (Å²) < 4.78 is 5.68. The van der Waals surface area contributed by atoms with E-state index in [-0.39, 0.29) is 42.0 Å². The smallest absolute Gasteiger partial charge is 0.302 e. The fourth-order valence-electron chi connectivity index (χ4n) is 8.31. The Balaban J connectivity index is 1.70. The van der Waals surface area contributed by atoms with Crippen molar-refractivity contribution in [2.45, 2.75) is 83.8 Å². The molecule has 4 rings (SSSR count). The molecule has 4 saturated carbocycles. The van der Waals surface area contributed by atoms with Gasteiger partial charge in [0.15, 0.2) is 0 Å². The number of carbonyl (C=O) groups excluding carboxylic acids is 1. The summed E-state index contributed by atoms with van der Waals surface area (Å²) in [5.74, 6) is 0.825. The number of ether oxygens (including phenoxy) is 1. The van der Waals surface area contributed by atoms with Crippen LogP contribution >= 0.6 is 0 Å². The molecule has 0 heterocycles. The van der Waals surface area contributed by atoms with Crippen LogP contribution in [0, 0.1) is 34.0 Å². The van der Waals surface area contributed by atoms with Crippen molar-refractivity contribution < 1.29 is 24.9 Å². The molecule has 4 aliphatic rings. The molecule has 0 aliphatic heterocycles. The van der Waals surface area contributed by atoms with E-state index in [4.69, 9.17) is 4.74 Å². The lowest BCUT2D eigenvalue weighted by Gasteiger charge is -2.66. The summed E-state index contributed by atoms with van der Waals surface area (Å²) >= 11 is 0. The van der Waals surface area contributed by atoms with Crippen molar-refractivity contribution in [3.8, 4) is 0 Å². The standard InChI is InChI=1S/C22H36O5/c1-14(25)27-18-6-7-20(3)17(19(18,2)12-23)5-4-15-10-16-11-21(15,20)8-9-22(16,26)13-24/h15-18,23-24,26H,4-13H2,1-3H3/t15-,16+,17-,18+,19-,20-,21-,22-/m0/s1. The Bertz CT molecular complexity index is 622. The van der Waals surface area contributed by atoms with E-state index in [1.54, 1.807) is 0 Å². The topological polar surface area (TPSA) is 87.0 Å². The van der Waals surface area contributed by atoms with Gasteiger partial charge in [0.05, 0.1) is 18.8 Å². The molecule has 1 spiro atoms. The maximum absolute atomic E-state index is 11.7. The highest BCUT2D eigenvalue weighted by molar-refractivity contribution is 5.66. The highest BCUT2D eigenvalue weighted by atomic mass is 16.5. The summed E-state index contributed by atoms with van der Waals surface area (Å²) in [6.07, 6.45) is 7.38. The summed E-state index contributed by atoms with van der Waals surface area (Å²) in [6.45, 7) is 5.88. The van der Waals surface area contributed by atoms with Crippen LogP contribution in [-0.2, 0) is 9.53 Å². The maximum atomic E-state index is 11.7. The molecule has 0 radical (unpaired) electrons. The van der Waals surface area contributed by atoms with Crippen LogP contribution < -0.4 is 0 Å². The van der Waals surface area contributed by atoms with Crippen LogP contribution in [0.15, 0.2) is 0 Å². The average molecular weight is 381 g/mol. The van der Waals surface area contributed by atoms with E-state index in [0.717, 1.165) is 44.9 Å². The molecule has 0 unspecified atom stereocenters. The molecule has 27 heavy (non-hydrogen) atoms. The molecule has 5 heteroatoms. The lowest BCUT2D eigenvalue weighted by atomic mass is 9.39. The lowest BCUT2D eigenvalue weighted by molar-refractivity contribution is -0.224. The SMILES string of the molecule is CC(=O)O[C@@H]1CC[C@@]2(C)[C@@H](CC[C@H]3C[C@@H]4C[C@@]32CC[C@]4(O)CO)[C@]1(C)CO. The van der Waals surface area contributed by atoms with Gasteiger partial charge in [0, 0.05) is 12.3 Å². The van der Waals surface area contributed by atoms with Gasteiger partial charge in [-0.2, -0.15) is 0 Å². The zero-order chi connectivity index (χ0) is 19.7. The second kappa shape index (κ2) is 6.17. The molecule has 154 valence electrons. The fraction of sp³-hybridized carbons (Fsp3) is 0.955. The molecule has 2 bridgehead atoms. The molecule has 0 amide bonds. The average Bonchev–Trinajstić information content (AvgIpc) is 2.98. The Labute approximate surface area is 162 Å². The van der Waals surface area contributed by atoms with E-state index >= 15 is 0 Å². The molecule has 5 nitrogen and oxygen atoms in total. The third-order valence-corrected chi connectivity index (χ3v) is 9.82. The predicted molar refractivity (Wildman–Crippen MR) is 101 cm³/mol. The van der Waals surface area contributed by atoms with Crippen LogP contribution in [-0.4, -0.2) is 46.2 Å². The van der Waals surface area contributed by atoms with Crippen molar-refractivity contribution in [2.24, 2.45) is 34.0 Å². The summed E-state index contributed by atoms with van der Waals surface area (Å²) in [4.78, 5) is 11.7. The zero-order valence-electron chi connectivity index (χ0n) is 17.0. The number of aliphatic hydroxyl groups excluding tert-OH is 2. The second-order valence-electron chi connectivity index (χ2n) is 10.6. The summed E-state index contributed by atoms with van der Waals surface area (Å²) in [6, 6.07) is 0. The van der Waals surface area contributed by atoms with E-state index in [2.05, 4.69) is 13.8 Å². The lowest BCUT2D eigenvalue weighted by Crippen LogP contribution is -2.63. The Kier molecular flexibility index (Phi) is 4.49. The predicted octanol–water partition coefficient (Wildman–Crippen LogP) is 2.66. The number of esters is 1. The van der Waals surface area contributed by atoms with Crippen molar-refractivity contribution in [3.05, 3.63) is 0 Å². The Morgan fingerprint density at radius 1 is 1.04 bits per heavy atom. The monoisotopic (exact) mass is 380 g/mol. The molecule has 4 aliphatic carbocycles. The normalized spacial score (nSPS) is 54.1. The zero-order valence-corrected chi connectivity index (χ0v) is 17.0. The molecule has 0 aromatic rings. The van der Waals surface area contributed by atoms with E-state index in [1.807, 2.05) is 0 Å². The van der Waals surface area contributed by atoms with Gasteiger partial charge < -0.3 is 20.1 Å². The van der Waals surface area contributed by atoms with Crippen LogP contribution in [0.4, 0.5) is 0 Å². The summed E-state index contributed by atoms with van der Waals surface area (Å²) in [5, 5.41) is 31.1.